The Kier molecular flexibility index (Phi) is 3.21. The number of aryl methyl sites for hydroxylation is 1. The highest BCUT2D eigenvalue weighted by Gasteiger charge is 2.34. The van der Waals surface area contributed by atoms with Crippen LogP contribution in [-0.4, -0.2) is 17.2 Å². The van der Waals surface area contributed by atoms with Crippen LogP contribution in [0.15, 0.2) is 18.2 Å². The highest BCUT2D eigenvalue weighted by Crippen LogP contribution is 2.45. The highest BCUT2D eigenvalue weighted by molar-refractivity contribution is 5.68. The van der Waals surface area contributed by atoms with Crippen LogP contribution >= 0.6 is 0 Å². The smallest absolute Gasteiger partial charge is 0.303 e. The zero-order chi connectivity index (χ0) is 13.4. The molecule has 1 aromatic rings. The quantitative estimate of drug-likeness (QED) is 0.902. The summed E-state index contributed by atoms with van der Waals surface area (Å²) in [7, 11) is 0. The number of ether oxygens (including phenoxy) is 1. The van der Waals surface area contributed by atoms with Gasteiger partial charge >= 0.3 is 5.97 Å². The summed E-state index contributed by atoms with van der Waals surface area (Å²) in [5.41, 5.74) is 2.39. The van der Waals surface area contributed by atoms with E-state index in [1.165, 1.54) is 5.56 Å². The van der Waals surface area contributed by atoms with Crippen molar-refractivity contribution in [1.29, 1.82) is 0 Å². The molecular formula is C16H20O3. The number of rotatable bonds is 4. The normalized spacial score (nSPS) is 23.3. The maximum atomic E-state index is 11.0. The van der Waals surface area contributed by atoms with Crippen molar-refractivity contribution in [2.45, 2.75) is 51.0 Å². The number of fused-ring (bicyclic) bond motifs is 1. The molecule has 0 aromatic heterocycles. The molecule has 0 radical (unpaired) electrons. The van der Waals surface area contributed by atoms with E-state index in [2.05, 4.69) is 25.1 Å². The lowest BCUT2D eigenvalue weighted by Crippen LogP contribution is -2.19. The number of carbonyl (C=O) groups is 1. The molecule has 1 aromatic carbocycles. The number of carboxylic acid groups (broad SMARTS) is 1. The fourth-order valence-corrected chi connectivity index (χ4v) is 3.00. The lowest BCUT2D eigenvalue weighted by molar-refractivity contribution is -0.137. The third-order valence-corrected chi connectivity index (χ3v) is 4.25. The molecule has 0 bridgehead atoms. The molecule has 2 aliphatic rings. The van der Waals surface area contributed by atoms with Crippen LogP contribution in [0.4, 0.5) is 0 Å². The Bertz CT molecular complexity index is 491. The van der Waals surface area contributed by atoms with Gasteiger partial charge in [0.1, 0.15) is 5.75 Å². The number of hydrogen-bond donors (Lipinski definition) is 1. The van der Waals surface area contributed by atoms with Crippen LogP contribution in [-0.2, 0) is 11.2 Å². The topological polar surface area (TPSA) is 46.5 Å². The van der Waals surface area contributed by atoms with Crippen molar-refractivity contribution in [3.05, 3.63) is 29.3 Å². The van der Waals surface area contributed by atoms with Gasteiger partial charge in [0.2, 0.25) is 0 Å². The van der Waals surface area contributed by atoms with Gasteiger partial charge in [-0.2, -0.15) is 0 Å². The number of carboxylic acids is 1. The van der Waals surface area contributed by atoms with Crippen LogP contribution in [0.3, 0.4) is 0 Å². The summed E-state index contributed by atoms with van der Waals surface area (Å²) >= 11 is 0. The van der Waals surface area contributed by atoms with Crippen molar-refractivity contribution < 1.29 is 14.6 Å². The summed E-state index contributed by atoms with van der Waals surface area (Å²) in [6.45, 7) is 2.09. The standard InChI is InChI=1S/C16H20O3/c1-10-2-3-12-6-7-13(8-15(12)19-10)14(9-16(17)18)11-4-5-11/h6-8,10-11,14H,2-5,9H2,1H3,(H,17,18). The van der Waals surface area contributed by atoms with Crippen LogP contribution in [0.5, 0.6) is 5.75 Å². The zero-order valence-corrected chi connectivity index (χ0v) is 11.3. The van der Waals surface area contributed by atoms with Gasteiger partial charge in [0, 0.05) is 0 Å². The number of hydrogen-bond acceptors (Lipinski definition) is 2. The Labute approximate surface area is 113 Å². The third kappa shape index (κ3) is 2.75. The molecule has 102 valence electrons. The molecule has 0 saturated heterocycles. The van der Waals surface area contributed by atoms with Gasteiger partial charge in [-0.25, -0.2) is 0 Å². The molecule has 1 heterocycles. The van der Waals surface area contributed by atoms with Crippen LogP contribution in [0, 0.1) is 5.92 Å². The van der Waals surface area contributed by atoms with Gasteiger partial charge in [-0.1, -0.05) is 12.1 Å². The minimum atomic E-state index is -0.705. The van der Waals surface area contributed by atoms with Crippen LogP contribution in [0.1, 0.15) is 49.7 Å². The summed E-state index contributed by atoms with van der Waals surface area (Å²) in [6.07, 6.45) is 4.94. The van der Waals surface area contributed by atoms with Crippen molar-refractivity contribution in [2.24, 2.45) is 5.92 Å². The van der Waals surface area contributed by atoms with E-state index >= 15 is 0 Å². The third-order valence-electron chi connectivity index (χ3n) is 4.25. The molecule has 3 heteroatoms. The van der Waals surface area contributed by atoms with E-state index in [0.29, 0.717) is 5.92 Å². The minimum Gasteiger partial charge on any atom is -0.490 e. The highest BCUT2D eigenvalue weighted by atomic mass is 16.5. The minimum absolute atomic E-state index is 0.156. The average molecular weight is 260 g/mol. The Morgan fingerprint density at radius 1 is 1.42 bits per heavy atom. The van der Waals surface area contributed by atoms with E-state index < -0.39 is 5.97 Å². The van der Waals surface area contributed by atoms with Crippen LogP contribution in [0.2, 0.25) is 0 Å². The summed E-state index contributed by atoms with van der Waals surface area (Å²) in [5.74, 6) is 0.968. The lowest BCUT2D eigenvalue weighted by Gasteiger charge is -2.25. The van der Waals surface area contributed by atoms with E-state index in [1.807, 2.05) is 0 Å². The second-order valence-electron chi connectivity index (χ2n) is 5.88. The molecule has 1 aliphatic carbocycles. The molecule has 0 spiro atoms. The number of aliphatic carboxylic acids is 1. The van der Waals surface area contributed by atoms with E-state index in [-0.39, 0.29) is 18.4 Å². The molecule has 2 unspecified atom stereocenters. The van der Waals surface area contributed by atoms with Gasteiger partial charge in [0.05, 0.1) is 12.5 Å². The largest absolute Gasteiger partial charge is 0.490 e. The van der Waals surface area contributed by atoms with Gasteiger partial charge in [0.25, 0.3) is 0 Å². The molecule has 1 aliphatic heterocycles. The van der Waals surface area contributed by atoms with Crippen molar-refractivity contribution in [3.8, 4) is 5.75 Å². The van der Waals surface area contributed by atoms with Gasteiger partial charge in [-0.05, 0) is 61.6 Å². The SMILES string of the molecule is CC1CCc2ccc(C(CC(=O)O)C3CC3)cc2O1. The van der Waals surface area contributed by atoms with Gasteiger partial charge in [0.15, 0.2) is 0 Å². The Balaban J connectivity index is 1.87. The van der Waals surface area contributed by atoms with Crippen molar-refractivity contribution in [2.75, 3.05) is 0 Å². The Hall–Kier alpha value is -1.51. The molecule has 1 N–H and O–H groups in total. The van der Waals surface area contributed by atoms with Gasteiger partial charge in [-0.3, -0.25) is 4.79 Å². The molecule has 1 saturated carbocycles. The first-order chi connectivity index (χ1) is 9.13. The molecule has 3 nitrogen and oxygen atoms in total. The molecule has 19 heavy (non-hydrogen) atoms. The van der Waals surface area contributed by atoms with E-state index in [9.17, 15) is 4.79 Å². The molecule has 1 fully saturated rings. The summed E-state index contributed by atoms with van der Waals surface area (Å²) in [6, 6.07) is 6.30. The Morgan fingerprint density at radius 2 is 2.21 bits per heavy atom. The van der Waals surface area contributed by atoms with Crippen molar-refractivity contribution >= 4 is 5.97 Å². The Morgan fingerprint density at radius 3 is 2.89 bits per heavy atom. The second kappa shape index (κ2) is 4.87. The molecular weight excluding hydrogens is 240 g/mol. The van der Waals surface area contributed by atoms with E-state index in [4.69, 9.17) is 9.84 Å². The van der Waals surface area contributed by atoms with Gasteiger partial charge in [-0.15, -0.1) is 0 Å². The predicted octanol–water partition coefficient (Wildman–Crippen LogP) is 3.37. The summed E-state index contributed by atoms with van der Waals surface area (Å²) < 4.78 is 5.88. The zero-order valence-electron chi connectivity index (χ0n) is 11.3. The maximum absolute atomic E-state index is 11.0. The first kappa shape index (κ1) is 12.5. The van der Waals surface area contributed by atoms with Crippen LogP contribution < -0.4 is 4.74 Å². The fourth-order valence-electron chi connectivity index (χ4n) is 3.00. The van der Waals surface area contributed by atoms with E-state index in [1.54, 1.807) is 0 Å². The van der Waals surface area contributed by atoms with Crippen molar-refractivity contribution in [1.82, 2.24) is 0 Å². The van der Waals surface area contributed by atoms with Gasteiger partial charge < -0.3 is 9.84 Å². The molecule has 3 rings (SSSR count). The predicted molar refractivity (Wildman–Crippen MR) is 72.6 cm³/mol. The summed E-state index contributed by atoms with van der Waals surface area (Å²) in [4.78, 5) is 11.0. The van der Waals surface area contributed by atoms with E-state index in [0.717, 1.165) is 37.0 Å². The first-order valence-corrected chi connectivity index (χ1v) is 7.15. The molecule has 0 amide bonds. The maximum Gasteiger partial charge on any atom is 0.303 e. The lowest BCUT2D eigenvalue weighted by atomic mass is 9.89. The number of benzene rings is 1. The fraction of sp³-hybridized carbons (Fsp3) is 0.562. The average Bonchev–Trinajstić information content (AvgIpc) is 3.19. The molecule has 2 atom stereocenters. The van der Waals surface area contributed by atoms with Crippen LogP contribution in [0.25, 0.3) is 0 Å². The monoisotopic (exact) mass is 260 g/mol. The summed E-state index contributed by atoms with van der Waals surface area (Å²) in [5, 5.41) is 9.07. The second-order valence-corrected chi connectivity index (χ2v) is 5.88. The first-order valence-electron chi connectivity index (χ1n) is 7.15. The van der Waals surface area contributed by atoms with Crippen molar-refractivity contribution in [3.63, 3.8) is 0 Å².